The number of hydrogen-bond acceptors (Lipinski definition) is 2. The lowest BCUT2D eigenvalue weighted by atomic mass is 10.3. The standard InChI is InChI=1S/C10H24N2/c1-4-11-9-7-8-10-12(5-2)6-3/h11H,4-10H2,1-3H3. The van der Waals surface area contributed by atoms with Gasteiger partial charge in [0.25, 0.3) is 0 Å². The zero-order chi connectivity index (χ0) is 9.23. The minimum absolute atomic E-state index is 1.10. The number of nitrogens with zero attached hydrogens (tertiary/aromatic N) is 1. The zero-order valence-electron chi connectivity index (χ0n) is 8.90. The van der Waals surface area contributed by atoms with E-state index in [0.717, 1.165) is 6.54 Å². The summed E-state index contributed by atoms with van der Waals surface area (Å²) in [6.07, 6.45) is 2.64. The van der Waals surface area contributed by atoms with E-state index in [1.165, 1.54) is 39.0 Å². The predicted molar refractivity (Wildman–Crippen MR) is 55.6 cm³/mol. The Hall–Kier alpha value is -0.0800. The fourth-order valence-corrected chi connectivity index (χ4v) is 1.30. The van der Waals surface area contributed by atoms with Crippen LogP contribution in [0.2, 0.25) is 0 Å². The third-order valence-corrected chi connectivity index (χ3v) is 2.22. The van der Waals surface area contributed by atoms with E-state index in [9.17, 15) is 0 Å². The first-order valence-electron chi connectivity index (χ1n) is 5.28. The highest BCUT2D eigenvalue weighted by Crippen LogP contribution is 1.93. The van der Waals surface area contributed by atoms with Crippen LogP contribution in [0.1, 0.15) is 33.6 Å². The van der Waals surface area contributed by atoms with Gasteiger partial charge < -0.3 is 10.2 Å². The maximum absolute atomic E-state index is 3.34. The smallest absolute Gasteiger partial charge is 0.00185 e. The quantitative estimate of drug-likeness (QED) is 0.561. The van der Waals surface area contributed by atoms with E-state index in [1.807, 2.05) is 0 Å². The summed E-state index contributed by atoms with van der Waals surface area (Å²) < 4.78 is 0. The molecule has 2 heteroatoms. The van der Waals surface area contributed by atoms with Crippen molar-refractivity contribution in [2.24, 2.45) is 0 Å². The molecule has 0 aliphatic carbocycles. The second-order valence-corrected chi connectivity index (χ2v) is 3.09. The normalized spacial score (nSPS) is 11.0. The maximum Gasteiger partial charge on any atom is -0.00185 e. The van der Waals surface area contributed by atoms with Crippen LogP contribution in [-0.4, -0.2) is 37.6 Å². The van der Waals surface area contributed by atoms with Crippen molar-refractivity contribution < 1.29 is 0 Å². The third-order valence-electron chi connectivity index (χ3n) is 2.22. The minimum Gasteiger partial charge on any atom is -0.317 e. The molecule has 0 aromatic heterocycles. The van der Waals surface area contributed by atoms with Gasteiger partial charge in [0.05, 0.1) is 0 Å². The summed E-state index contributed by atoms with van der Waals surface area (Å²) in [6.45, 7) is 12.5. The molecule has 0 atom stereocenters. The second kappa shape index (κ2) is 9.01. The van der Waals surface area contributed by atoms with E-state index < -0.39 is 0 Å². The number of rotatable bonds is 8. The fourth-order valence-electron chi connectivity index (χ4n) is 1.30. The second-order valence-electron chi connectivity index (χ2n) is 3.09. The first-order valence-corrected chi connectivity index (χ1v) is 5.28. The van der Waals surface area contributed by atoms with E-state index in [-0.39, 0.29) is 0 Å². The molecule has 0 aliphatic rings. The first-order chi connectivity index (χ1) is 5.85. The monoisotopic (exact) mass is 172 g/mol. The van der Waals surface area contributed by atoms with Crippen molar-refractivity contribution in [3.05, 3.63) is 0 Å². The van der Waals surface area contributed by atoms with Gasteiger partial charge in [0.1, 0.15) is 0 Å². The van der Waals surface area contributed by atoms with Gasteiger partial charge in [-0.15, -0.1) is 0 Å². The van der Waals surface area contributed by atoms with Crippen LogP contribution in [0.5, 0.6) is 0 Å². The molecule has 0 aromatic rings. The molecule has 12 heavy (non-hydrogen) atoms. The highest BCUT2D eigenvalue weighted by Gasteiger charge is 1.96. The molecular formula is C10H24N2. The van der Waals surface area contributed by atoms with E-state index in [2.05, 4.69) is 31.0 Å². The molecule has 0 fully saturated rings. The van der Waals surface area contributed by atoms with Crippen LogP contribution in [0.25, 0.3) is 0 Å². The van der Waals surface area contributed by atoms with E-state index in [1.54, 1.807) is 0 Å². The van der Waals surface area contributed by atoms with Gasteiger partial charge in [0, 0.05) is 0 Å². The first kappa shape index (κ1) is 11.9. The Morgan fingerprint density at radius 2 is 1.67 bits per heavy atom. The Balaban J connectivity index is 3.06. The zero-order valence-corrected chi connectivity index (χ0v) is 8.90. The number of nitrogens with one attached hydrogen (secondary N) is 1. The van der Waals surface area contributed by atoms with Crippen LogP contribution in [0, 0.1) is 0 Å². The lowest BCUT2D eigenvalue weighted by molar-refractivity contribution is 0.296. The molecule has 0 unspecified atom stereocenters. The van der Waals surface area contributed by atoms with Crippen molar-refractivity contribution in [1.82, 2.24) is 10.2 Å². The Labute approximate surface area is 77.3 Å². The summed E-state index contributed by atoms with van der Waals surface area (Å²) in [5, 5.41) is 3.34. The van der Waals surface area contributed by atoms with Gasteiger partial charge in [-0.3, -0.25) is 0 Å². The molecule has 1 N–H and O–H groups in total. The lowest BCUT2D eigenvalue weighted by Gasteiger charge is -2.17. The molecule has 0 radical (unpaired) electrons. The van der Waals surface area contributed by atoms with Gasteiger partial charge in [-0.05, 0) is 45.6 Å². The van der Waals surface area contributed by atoms with Gasteiger partial charge in [-0.25, -0.2) is 0 Å². The van der Waals surface area contributed by atoms with Crippen molar-refractivity contribution in [2.45, 2.75) is 33.6 Å². The van der Waals surface area contributed by atoms with Crippen LogP contribution in [0.3, 0.4) is 0 Å². The SMILES string of the molecule is CCNCCCCN(CC)CC. The summed E-state index contributed by atoms with van der Waals surface area (Å²) in [5.74, 6) is 0. The van der Waals surface area contributed by atoms with Gasteiger partial charge in [-0.2, -0.15) is 0 Å². The van der Waals surface area contributed by atoms with E-state index >= 15 is 0 Å². The predicted octanol–water partition coefficient (Wildman–Crippen LogP) is 1.72. The molecule has 0 rings (SSSR count). The van der Waals surface area contributed by atoms with Gasteiger partial charge in [-0.1, -0.05) is 20.8 Å². The number of unbranched alkanes of at least 4 members (excludes halogenated alkanes) is 1. The highest BCUT2D eigenvalue weighted by atomic mass is 15.1. The molecular weight excluding hydrogens is 148 g/mol. The van der Waals surface area contributed by atoms with Gasteiger partial charge in [0.2, 0.25) is 0 Å². The van der Waals surface area contributed by atoms with Crippen molar-refractivity contribution in [3.63, 3.8) is 0 Å². The number of hydrogen-bond donors (Lipinski definition) is 1. The molecule has 0 aliphatic heterocycles. The van der Waals surface area contributed by atoms with Crippen LogP contribution >= 0.6 is 0 Å². The van der Waals surface area contributed by atoms with Crippen molar-refractivity contribution >= 4 is 0 Å². The molecule has 74 valence electrons. The Morgan fingerprint density at radius 1 is 1.00 bits per heavy atom. The van der Waals surface area contributed by atoms with Crippen LogP contribution < -0.4 is 5.32 Å². The summed E-state index contributed by atoms with van der Waals surface area (Å²) in [5.41, 5.74) is 0. The van der Waals surface area contributed by atoms with E-state index in [0.29, 0.717) is 0 Å². The topological polar surface area (TPSA) is 15.3 Å². The molecule has 0 bridgehead atoms. The summed E-state index contributed by atoms with van der Waals surface area (Å²) in [4.78, 5) is 2.48. The van der Waals surface area contributed by atoms with Crippen molar-refractivity contribution in [2.75, 3.05) is 32.7 Å². The molecule has 0 spiro atoms. The molecule has 0 amide bonds. The average molecular weight is 172 g/mol. The van der Waals surface area contributed by atoms with Crippen LogP contribution in [-0.2, 0) is 0 Å². The van der Waals surface area contributed by atoms with E-state index in [4.69, 9.17) is 0 Å². The van der Waals surface area contributed by atoms with Gasteiger partial charge in [0.15, 0.2) is 0 Å². The Kier molecular flexibility index (Phi) is 8.95. The van der Waals surface area contributed by atoms with Crippen LogP contribution in [0.15, 0.2) is 0 Å². The molecule has 0 saturated heterocycles. The Bertz CT molecular complexity index is 79.9. The van der Waals surface area contributed by atoms with Gasteiger partial charge >= 0.3 is 0 Å². The molecule has 0 aromatic carbocycles. The van der Waals surface area contributed by atoms with Crippen molar-refractivity contribution in [1.29, 1.82) is 0 Å². The minimum atomic E-state index is 1.10. The molecule has 0 heterocycles. The summed E-state index contributed by atoms with van der Waals surface area (Å²) in [6, 6.07) is 0. The summed E-state index contributed by atoms with van der Waals surface area (Å²) in [7, 11) is 0. The maximum atomic E-state index is 3.34. The lowest BCUT2D eigenvalue weighted by Crippen LogP contribution is -2.25. The third kappa shape index (κ3) is 6.62. The average Bonchev–Trinajstić information content (AvgIpc) is 2.11. The highest BCUT2D eigenvalue weighted by molar-refractivity contribution is 4.53. The molecule has 0 saturated carbocycles. The van der Waals surface area contributed by atoms with Crippen LogP contribution in [0.4, 0.5) is 0 Å². The largest absolute Gasteiger partial charge is 0.317 e. The fraction of sp³-hybridized carbons (Fsp3) is 1.00. The Morgan fingerprint density at radius 3 is 2.17 bits per heavy atom. The molecule has 2 nitrogen and oxygen atoms in total. The summed E-state index contributed by atoms with van der Waals surface area (Å²) >= 11 is 0. The van der Waals surface area contributed by atoms with Crippen molar-refractivity contribution in [3.8, 4) is 0 Å².